The van der Waals surface area contributed by atoms with Gasteiger partial charge in [0.2, 0.25) is 5.91 Å². The molecular formula is C23H57NO5Si6. The summed E-state index contributed by atoms with van der Waals surface area (Å²) in [5, 5.41) is 0. The zero-order valence-electron chi connectivity index (χ0n) is 25.5. The van der Waals surface area contributed by atoms with Crippen LogP contribution in [0.25, 0.3) is 0 Å². The first-order valence-corrected chi connectivity index (χ1v) is 31.8. The molecule has 6 nitrogen and oxygen atoms in total. The van der Waals surface area contributed by atoms with E-state index in [4.69, 9.17) is 16.5 Å². The molecule has 0 rings (SSSR count). The van der Waals surface area contributed by atoms with E-state index >= 15 is 0 Å². The molecule has 0 atom stereocenters. The van der Waals surface area contributed by atoms with Gasteiger partial charge in [0.15, 0.2) is 33.3 Å². The summed E-state index contributed by atoms with van der Waals surface area (Å²) in [6.07, 6.45) is 3.19. The number of nitrogens with zero attached hydrogens (tertiary/aromatic N) is 1. The third-order valence-electron chi connectivity index (χ3n) is 4.69. The molecule has 0 bridgehead atoms. The summed E-state index contributed by atoms with van der Waals surface area (Å²) < 4.78 is 26.5. The summed E-state index contributed by atoms with van der Waals surface area (Å²) in [4.78, 5) is 14.6. The lowest BCUT2D eigenvalue weighted by Gasteiger charge is -2.39. The monoisotopic (exact) mass is 595 g/mol. The zero-order chi connectivity index (χ0) is 27.9. The van der Waals surface area contributed by atoms with Gasteiger partial charge < -0.3 is 21.4 Å². The highest BCUT2D eigenvalue weighted by Crippen LogP contribution is 2.27. The van der Waals surface area contributed by atoms with E-state index in [1.165, 1.54) is 6.08 Å². The molecule has 0 saturated heterocycles. The molecule has 0 heterocycles. The third-order valence-corrected chi connectivity index (χ3v) is 23.9. The van der Waals surface area contributed by atoms with E-state index in [-0.39, 0.29) is 5.91 Å². The average Bonchev–Trinajstić information content (AvgIpc) is 2.52. The van der Waals surface area contributed by atoms with E-state index in [0.29, 0.717) is 13.1 Å². The standard InChI is InChI=1S/C23H57NO5Si6/c1-16-23(25)24(19-17-21-34(14,26-30(2,3)4)27-31(5,6)7)20-18-22-35(15,28-32(8,9)10)29-33(11,12)13/h16H,1,17-22H2,2-15H3. The second kappa shape index (κ2) is 13.4. The van der Waals surface area contributed by atoms with Crippen LogP contribution < -0.4 is 0 Å². The van der Waals surface area contributed by atoms with Crippen molar-refractivity contribution in [3.8, 4) is 0 Å². The van der Waals surface area contributed by atoms with Gasteiger partial charge in [0.25, 0.3) is 0 Å². The van der Waals surface area contributed by atoms with Crippen LogP contribution in [-0.2, 0) is 21.3 Å². The van der Waals surface area contributed by atoms with E-state index < -0.39 is 50.4 Å². The molecule has 35 heavy (non-hydrogen) atoms. The fourth-order valence-corrected chi connectivity index (χ4v) is 29.5. The van der Waals surface area contributed by atoms with Crippen LogP contribution in [0.5, 0.6) is 0 Å². The van der Waals surface area contributed by atoms with Gasteiger partial charge in [-0.2, -0.15) is 0 Å². The summed E-state index contributed by atoms with van der Waals surface area (Å²) in [5.74, 6) is -0.00815. The second-order valence-corrected chi connectivity index (χ2v) is 39.6. The molecule has 0 aliphatic heterocycles. The van der Waals surface area contributed by atoms with Crippen molar-refractivity contribution in [2.24, 2.45) is 0 Å². The Morgan fingerprint density at radius 1 is 0.600 bits per heavy atom. The van der Waals surface area contributed by atoms with Gasteiger partial charge in [-0.05, 0) is 123 Å². The lowest BCUT2D eigenvalue weighted by Crippen LogP contribution is -2.53. The van der Waals surface area contributed by atoms with Crippen LogP contribution in [0.15, 0.2) is 12.7 Å². The smallest absolute Gasteiger partial charge is 0.314 e. The van der Waals surface area contributed by atoms with Crippen molar-refractivity contribution in [2.75, 3.05) is 13.1 Å². The molecule has 12 heteroatoms. The Hall–Kier alpha value is 0.351. The minimum absolute atomic E-state index is 0.00815. The quantitative estimate of drug-likeness (QED) is 0.130. The van der Waals surface area contributed by atoms with Gasteiger partial charge in [-0.25, -0.2) is 0 Å². The molecule has 0 unspecified atom stereocenters. The van der Waals surface area contributed by atoms with Gasteiger partial charge in [0.05, 0.1) is 0 Å². The number of hydrogen-bond donors (Lipinski definition) is 0. The highest BCUT2D eigenvalue weighted by atomic mass is 28.5. The zero-order valence-corrected chi connectivity index (χ0v) is 31.5. The van der Waals surface area contributed by atoms with Gasteiger partial charge in [0, 0.05) is 13.1 Å². The molecule has 0 aliphatic rings. The van der Waals surface area contributed by atoms with Crippen LogP contribution in [0.3, 0.4) is 0 Å². The Morgan fingerprint density at radius 2 is 0.857 bits per heavy atom. The van der Waals surface area contributed by atoms with E-state index in [1.54, 1.807) is 0 Å². The molecule has 0 N–H and O–H groups in total. The Labute approximate surface area is 224 Å². The maximum absolute atomic E-state index is 12.7. The molecule has 0 aromatic rings. The highest BCUT2D eigenvalue weighted by Gasteiger charge is 2.41. The molecule has 0 aliphatic carbocycles. The van der Waals surface area contributed by atoms with Gasteiger partial charge in [-0.15, -0.1) is 0 Å². The van der Waals surface area contributed by atoms with Crippen molar-refractivity contribution in [1.29, 1.82) is 0 Å². The van der Waals surface area contributed by atoms with Crippen LogP contribution in [0.4, 0.5) is 0 Å². The molecule has 0 aromatic heterocycles. The van der Waals surface area contributed by atoms with Gasteiger partial charge >= 0.3 is 17.1 Å². The summed E-state index contributed by atoms with van der Waals surface area (Å²) >= 11 is 0. The molecule has 0 radical (unpaired) electrons. The SMILES string of the molecule is C=CC(=O)N(CCC[Si](C)(O[Si](C)(C)C)O[Si](C)(C)C)CCC[Si](C)(O[Si](C)(C)C)O[Si](C)(C)C. The van der Waals surface area contributed by atoms with Crippen molar-refractivity contribution >= 4 is 56.3 Å². The Balaban J connectivity index is 5.29. The normalized spacial score (nSPS) is 14.2. The predicted molar refractivity (Wildman–Crippen MR) is 167 cm³/mol. The van der Waals surface area contributed by atoms with Crippen molar-refractivity contribution in [3.63, 3.8) is 0 Å². The van der Waals surface area contributed by atoms with E-state index in [9.17, 15) is 4.79 Å². The molecule has 0 fully saturated rings. The summed E-state index contributed by atoms with van der Waals surface area (Å²) in [6.45, 7) is 36.3. The second-order valence-electron chi connectivity index (χ2n) is 13.9. The van der Waals surface area contributed by atoms with Crippen LogP contribution >= 0.6 is 0 Å². The highest BCUT2D eigenvalue weighted by molar-refractivity contribution is 6.88. The molecule has 0 aromatic carbocycles. The van der Waals surface area contributed by atoms with E-state index in [1.807, 2.05) is 4.90 Å². The van der Waals surface area contributed by atoms with Gasteiger partial charge in [-0.1, -0.05) is 6.58 Å². The van der Waals surface area contributed by atoms with Crippen molar-refractivity contribution in [1.82, 2.24) is 4.90 Å². The topological polar surface area (TPSA) is 57.2 Å². The number of amides is 1. The lowest BCUT2D eigenvalue weighted by atomic mass is 10.3. The molecule has 0 saturated carbocycles. The van der Waals surface area contributed by atoms with Crippen LogP contribution in [0.2, 0.25) is 104 Å². The van der Waals surface area contributed by atoms with Crippen LogP contribution in [0.1, 0.15) is 12.8 Å². The molecular weight excluding hydrogens is 539 g/mol. The first-order chi connectivity index (χ1) is 15.4. The fourth-order valence-electron chi connectivity index (χ4n) is 4.48. The summed E-state index contributed by atoms with van der Waals surface area (Å²) in [5.41, 5.74) is 0. The minimum atomic E-state index is -2.31. The first kappa shape index (κ1) is 35.4. The number of rotatable bonds is 17. The summed E-state index contributed by atoms with van der Waals surface area (Å²) in [7, 11) is -11.6. The minimum Gasteiger partial charge on any atom is -0.437 e. The summed E-state index contributed by atoms with van der Waals surface area (Å²) in [6, 6.07) is 1.79. The largest absolute Gasteiger partial charge is 0.437 e. The van der Waals surface area contributed by atoms with Gasteiger partial charge in [0.1, 0.15) is 0 Å². The Kier molecular flexibility index (Phi) is 13.6. The van der Waals surface area contributed by atoms with E-state index in [0.717, 1.165) is 24.9 Å². The number of carbonyl (C=O) groups excluding carboxylic acids is 1. The first-order valence-electron chi connectivity index (χ1n) is 13.1. The third kappa shape index (κ3) is 18.3. The Bertz CT molecular complexity index is 600. The van der Waals surface area contributed by atoms with Gasteiger partial charge in [-0.3, -0.25) is 4.79 Å². The number of carbonyl (C=O) groups is 1. The maximum atomic E-state index is 12.7. The van der Waals surface area contributed by atoms with E-state index in [2.05, 4.69) is 98.2 Å². The lowest BCUT2D eigenvalue weighted by molar-refractivity contribution is -0.126. The maximum Gasteiger partial charge on any atom is 0.314 e. The van der Waals surface area contributed by atoms with Crippen molar-refractivity contribution < 1.29 is 21.3 Å². The predicted octanol–water partition coefficient (Wildman–Crippen LogP) is 7.33. The van der Waals surface area contributed by atoms with Crippen molar-refractivity contribution in [3.05, 3.63) is 12.7 Å². The fraction of sp³-hybridized carbons (Fsp3) is 0.870. The molecule has 0 spiro atoms. The van der Waals surface area contributed by atoms with Crippen LogP contribution in [0, 0.1) is 0 Å². The average molecular weight is 596 g/mol. The molecule has 1 amide bonds. The van der Waals surface area contributed by atoms with Crippen molar-refractivity contribution in [2.45, 2.75) is 117 Å². The molecule has 208 valence electrons. The number of hydrogen-bond acceptors (Lipinski definition) is 5. The Morgan fingerprint density at radius 3 is 1.06 bits per heavy atom. The van der Waals surface area contributed by atoms with Crippen LogP contribution in [-0.4, -0.2) is 74.3 Å².